The first kappa shape index (κ1) is 19.2. The molecule has 0 aliphatic rings. The summed E-state index contributed by atoms with van der Waals surface area (Å²) in [6.07, 6.45) is 2.14. The first-order chi connectivity index (χ1) is 13.2. The van der Waals surface area contributed by atoms with Crippen molar-refractivity contribution < 1.29 is 4.74 Å². The summed E-state index contributed by atoms with van der Waals surface area (Å²) in [5, 5.41) is 10.8. The zero-order valence-electron chi connectivity index (χ0n) is 16.1. The minimum Gasteiger partial charge on any atom is -0.497 e. The van der Waals surface area contributed by atoms with Crippen LogP contribution in [0.15, 0.2) is 42.5 Å². The fourth-order valence-electron chi connectivity index (χ4n) is 3.26. The van der Waals surface area contributed by atoms with Crippen LogP contribution in [0.3, 0.4) is 0 Å². The number of fused-ring (bicyclic) bond motifs is 1. The second kappa shape index (κ2) is 8.88. The van der Waals surface area contributed by atoms with E-state index in [0.717, 1.165) is 58.7 Å². The smallest absolute Gasteiger partial charge is 0.119 e. The summed E-state index contributed by atoms with van der Waals surface area (Å²) in [7, 11) is 1.65. The molecular formula is C22H25N3OS. The second-order valence-corrected chi connectivity index (χ2v) is 7.30. The van der Waals surface area contributed by atoms with E-state index in [0.29, 0.717) is 5.56 Å². The number of aromatic nitrogens is 1. The summed E-state index contributed by atoms with van der Waals surface area (Å²) in [5.41, 5.74) is 4.90. The monoisotopic (exact) mass is 379 g/mol. The van der Waals surface area contributed by atoms with Gasteiger partial charge in [0, 0.05) is 23.4 Å². The third kappa shape index (κ3) is 3.91. The highest BCUT2D eigenvalue weighted by Crippen LogP contribution is 2.36. The number of hydrogen-bond donors (Lipinski definition) is 1. The summed E-state index contributed by atoms with van der Waals surface area (Å²) in [6, 6.07) is 16.7. The lowest BCUT2D eigenvalue weighted by Gasteiger charge is -2.11. The van der Waals surface area contributed by atoms with E-state index in [1.165, 1.54) is 0 Å². The fourth-order valence-corrected chi connectivity index (χ4v) is 3.87. The number of hydrogen-bond acceptors (Lipinski definition) is 4. The quantitative estimate of drug-likeness (QED) is 0.381. The maximum atomic E-state index is 9.90. The van der Waals surface area contributed by atoms with Crippen molar-refractivity contribution in [2.45, 2.75) is 33.2 Å². The molecule has 0 aliphatic carbocycles. The van der Waals surface area contributed by atoms with Gasteiger partial charge < -0.3 is 14.0 Å². The number of methoxy groups -OCH3 is 1. The maximum Gasteiger partial charge on any atom is 0.119 e. The Morgan fingerprint density at radius 1 is 1.11 bits per heavy atom. The van der Waals surface area contributed by atoms with Gasteiger partial charge in [-0.1, -0.05) is 37.9 Å². The van der Waals surface area contributed by atoms with Crippen LogP contribution in [0.25, 0.3) is 22.2 Å². The van der Waals surface area contributed by atoms with Gasteiger partial charge >= 0.3 is 0 Å². The molecule has 4 nitrogen and oxygen atoms in total. The number of aryl methyl sites for hydroxylation is 1. The zero-order valence-corrected chi connectivity index (χ0v) is 16.9. The van der Waals surface area contributed by atoms with Gasteiger partial charge in [-0.05, 0) is 48.7 Å². The van der Waals surface area contributed by atoms with Crippen LogP contribution in [0.1, 0.15) is 32.3 Å². The van der Waals surface area contributed by atoms with Crippen molar-refractivity contribution in [3.63, 3.8) is 0 Å². The topological polar surface area (TPSA) is 50.0 Å². The number of anilines is 1. The first-order valence-electron chi connectivity index (χ1n) is 9.32. The number of nitrogens with zero attached hydrogens (tertiary/aromatic N) is 2. The first-order valence-corrected chi connectivity index (χ1v) is 10.3. The zero-order chi connectivity index (χ0) is 19.2. The molecule has 5 heteroatoms. The van der Waals surface area contributed by atoms with E-state index in [4.69, 9.17) is 4.74 Å². The third-order valence-electron chi connectivity index (χ3n) is 4.48. The summed E-state index contributed by atoms with van der Waals surface area (Å²) in [6.45, 7) is 5.19. The van der Waals surface area contributed by atoms with Crippen LogP contribution >= 0.6 is 11.9 Å². The Morgan fingerprint density at radius 3 is 2.52 bits per heavy atom. The molecule has 27 heavy (non-hydrogen) atoms. The maximum absolute atomic E-state index is 9.90. The lowest BCUT2D eigenvalue weighted by Crippen LogP contribution is -2.00. The standard InChI is InChI=1S/C22H25N3OS/c1-4-12-25-21-11-10-18(26-3)14-19(21)20(15-23)22(25)16-6-8-17(9-7-16)24-27-13-5-2/h6-11,14,24H,4-5,12-13H2,1-3H3. The van der Waals surface area contributed by atoms with Crippen molar-refractivity contribution in [2.75, 3.05) is 17.6 Å². The normalized spacial score (nSPS) is 10.7. The van der Waals surface area contributed by atoms with Gasteiger partial charge in [0.25, 0.3) is 0 Å². The van der Waals surface area contributed by atoms with Crippen LogP contribution in [0.2, 0.25) is 0 Å². The number of rotatable bonds is 8. The highest BCUT2D eigenvalue weighted by atomic mass is 32.2. The van der Waals surface area contributed by atoms with Crippen molar-refractivity contribution in [1.82, 2.24) is 4.57 Å². The lowest BCUT2D eigenvalue weighted by atomic mass is 10.1. The molecule has 140 valence electrons. The van der Waals surface area contributed by atoms with Crippen LogP contribution in [0.5, 0.6) is 5.75 Å². The predicted molar refractivity (Wildman–Crippen MR) is 115 cm³/mol. The van der Waals surface area contributed by atoms with Crippen molar-refractivity contribution in [1.29, 1.82) is 5.26 Å². The van der Waals surface area contributed by atoms with Gasteiger partial charge in [-0.25, -0.2) is 0 Å². The predicted octanol–water partition coefficient (Wildman–Crippen LogP) is 6.07. The summed E-state index contributed by atoms with van der Waals surface area (Å²) in [5.74, 6) is 1.85. The molecule has 0 spiro atoms. The lowest BCUT2D eigenvalue weighted by molar-refractivity contribution is 0.415. The van der Waals surface area contributed by atoms with Crippen LogP contribution in [-0.2, 0) is 6.54 Å². The average molecular weight is 380 g/mol. The van der Waals surface area contributed by atoms with E-state index in [2.05, 4.69) is 53.5 Å². The van der Waals surface area contributed by atoms with E-state index in [9.17, 15) is 5.26 Å². The molecule has 1 N–H and O–H groups in total. The van der Waals surface area contributed by atoms with Crippen molar-refractivity contribution in [3.05, 3.63) is 48.0 Å². The molecule has 1 aromatic heterocycles. The van der Waals surface area contributed by atoms with E-state index >= 15 is 0 Å². The van der Waals surface area contributed by atoms with Crippen molar-refractivity contribution >= 4 is 28.5 Å². The van der Waals surface area contributed by atoms with Crippen LogP contribution in [0, 0.1) is 11.3 Å². The molecule has 0 saturated carbocycles. The largest absolute Gasteiger partial charge is 0.497 e. The molecule has 0 saturated heterocycles. The Kier molecular flexibility index (Phi) is 6.31. The Labute approximate surface area is 165 Å². The minimum absolute atomic E-state index is 0.707. The third-order valence-corrected chi connectivity index (χ3v) is 5.48. The average Bonchev–Trinajstić information content (AvgIpc) is 3.01. The van der Waals surface area contributed by atoms with Crippen LogP contribution in [0.4, 0.5) is 5.69 Å². The Morgan fingerprint density at radius 2 is 1.89 bits per heavy atom. The van der Waals surface area contributed by atoms with Gasteiger partial charge in [0.15, 0.2) is 0 Å². The number of ether oxygens (including phenoxy) is 1. The van der Waals surface area contributed by atoms with E-state index < -0.39 is 0 Å². The van der Waals surface area contributed by atoms with Gasteiger partial charge in [-0.15, -0.1) is 0 Å². The molecule has 0 radical (unpaired) electrons. The molecule has 0 atom stereocenters. The van der Waals surface area contributed by atoms with Gasteiger partial charge in [-0.3, -0.25) is 0 Å². The SMILES string of the molecule is CCCSNc1ccc(-c2c(C#N)c3cc(OC)ccc3n2CCC)cc1. The number of nitriles is 1. The van der Waals surface area contributed by atoms with Crippen LogP contribution < -0.4 is 9.46 Å². The molecule has 0 amide bonds. The molecular weight excluding hydrogens is 354 g/mol. The van der Waals surface area contributed by atoms with Crippen molar-refractivity contribution in [2.24, 2.45) is 0 Å². The van der Waals surface area contributed by atoms with E-state index in [1.54, 1.807) is 19.1 Å². The van der Waals surface area contributed by atoms with Crippen molar-refractivity contribution in [3.8, 4) is 23.1 Å². The fraction of sp³-hybridized carbons (Fsp3) is 0.318. The molecule has 3 rings (SSSR count). The summed E-state index contributed by atoms with van der Waals surface area (Å²) >= 11 is 1.71. The van der Waals surface area contributed by atoms with Crippen LogP contribution in [-0.4, -0.2) is 17.4 Å². The van der Waals surface area contributed by atoms with Gasteiger partial charge in [0.05, 0.1) is 23.9 Å². The Balaban J connectivity index is 2.09. The summed E-state index contributed by atoms with van der Waals surface area (Å²) in [4.78, 5) is 0. The van der Waals surface area contributed by atoms with Gasteiger partial charge in [0.1, 0.15) is 11.8 Å². The Hall–Kier alpha value is -2.58. The van der Waals surface area contributed by atoms with E-state index in [1.807, 2.05) is 18.2 Å². The molecule has 0 unspecified atom stereocenters. The van der Waals surface area contributed by atoms with Gasteiger partial charge in [0.2, 0.25) is 0 Å². The molecule has 1 heterocycles. The minimum atomic E-state index is 0.707. The molecule has 2 aromatic carbocycles. The summed E-state index contributed by atoms with van der Waals surface area (Å²) < 4.78 is 11.0. The molecule has 0 fully saturated rings. The highest BCUT2D eigenvalue weighted by molar-refractivity contribution is 8.00. The molecule has 0 aliphatic heterocycles. The Bertz CT molecular complexity index is 954. The number of benzene rings is 2. The molecule has 3 aromatic rings. The molecule has 0 bridgehead atoms. The van der Waals surface area contributed by atoms with Gasteiger partial charge in [-0.2, -0.15) is 5.26 Å². The number of nitrogens with one attached hydrogen (secondary N) is 1. The van der Waals surface area contributed by atoms with E-state index in [-0.39, 0.29) is 0 Å². The second-order valence-electron chi connectivity index (χ2n) is 6.40. The highest BCUT2D eigenvalue weighted by Gasteiger charge is 2.19.